The van der Waals surface area contributed by atoms with Gasteiger partial charge >= 0.3 is 0 Å². The van der Waals surface area contributed by atoms with Gasteiger partial charge in [0.1, 0.15) is 0 Å². The first-order chi connectivity index (χ1) is 8.60. The quantitative estimate of drug-likeness (QED) is 0.707. The Labute approximate surface area is 110 Å². The average Bonchev–Trinajstić information content (AvgIpc) is 2.95. The molecule has 0 radical (unpaired) electrons. The van der Waals surface area contributed by atoms with Gasteiger partial charge in [-0.15, -0.1) is 0 Å². The highest BCUT2D eigenvalue weighted by Crippen LogP contribution is 2.42. The number of carbonyl (C=O) groups is 1. The molecule has 1 saturated carbocycles. The largest absolute Gasteiger partial charge is 0.358 e. The number of likely N-dealkylation sites (N-methyl/N-ethyl adjacent to an activating group) is 1. The molecule has 0 saturated heterocycles. The standard InChI is InChI=1S/C15H26N2O/c1-10(2)6-14(15(18)16-3)17-9-13-8-11-4-5-12(13)7-11/h4-5,10-14,17H,6-9H2,1-3H3,(H,16,18). The minimum atomic E-state index is -0.0295. The number of hydrogen-bond acceptors (Lipinski definition) is 2. The maximum atomic E-state index is 11.8. The van der Waals surface area contributed by atoms with E-state index in [2.05, 4.69) is 36.6 Å². The van der Waals surface area contributed by atoms with Gasteiger partial charge in [-0.05, 0) is 49.5 Å². The molecule has 0 aliphatic heterocycles. The lowest BCUT2D eigenvalue weighted by molar-refractivity contribution is -0.123. The van der Waals surface area contributed by atoms with Crippen molar-refractivity contribution in [2.75, 3.05) is 13.6 Å². The summed E-state index contributed by atoms with van der Waals surface area (Å²) < 4.78 is 0. The maximum absolute atomic E-state index is 11.8. The molecule has 102 valence electrons. The van der Waals surface area contributed by atoms with Crippen molar-refractivity contribution in [1.29, 1.82) is 0 Å². The molecule has 4 atom stereocenters. The Morgan fingerprint density at radius 1 is 1.33 bits per heavy atom. The van der Waals surface area contributed by atoms with E-state index < -0.39 is 0 Å². The summed E-state index contributed by atoms with van der Waals surface area (Å²) in [4.78, 5) is 11.8. The molecule has 2 N–H and O–H groups in total. The molecule has 2 aliphatic carbocycles. The smallest absolute Gasteiger partial charge is 0.236 e. The molecular weight excluding hydrogens is 224 g/mol. The van der Waals surface area contributed by atoms with Gasteiger partial charge in [-0.25, -0.2) is 0 Å². The van der Waals surface area contributed by atoms with Crippen molar-refractivity contribution < 1.29 is 4.79 Å². The van der Waals surface area contributed by atoms with Crippen LogP contribution < -0.4 is 10.6 Å². The fraction of sp³-hybridized carbons (Fsp3) is 0.800. The number of nitrogens with one attached hydrogen (secondary N) is 2. The van der Waals surface area contributed by atoms with Crippen LogP contribution in [0.15, 0.2) is 12.2 Å². The third kappa shape index (κ3) is 3.14. The number of fused-ring (bicyclic) bond motifs is 2. The highest BCUT2D eigenvalue weighted by atomic mass is 16.2. The summed E-state index contributed by atoms with van der Waals surface area (Å²) in [6.45, 7) is 5.31. The van der Waals surface area contributed by atoms with E-state index in [1.165, 1.54) is 12.8 Å². The minimum Gasteiger partial charge on any atom is -0.358 e. The fourth-order valence-electron chi connectivity index (χ4n) is 3.35. The van der Waals surface area contributed by atoms with Gasteiger partial charge in [-0.2, -0.15) is 0 Å². The Bertz CT molecular complexity index is 324. The van der Waals surface area contributed by atoms with E-state index in [-0.39, 0.29) is 11.9 Å². The van der Waals surface area contributed by atoms with Crippen LogP contribution in [0.4, 0.5) is 0 Å². The molecule has 2 aliphatic rings. The van der Waals surface area contributed by atoms with Crippen molar-refractivity contribution in [3.05, 3.63) is 12.2 Å². The van der Waals surface area contributed by atoms with Gasteiger partial charge < -0.3 is 10.6 Å². The summed E-state index contributed by atoms with van der Waals surface area (Å²) in [5.41, 5.74) is 0. The lowest BCUT2D eigenvalue weighted by Gasteiger charge is -2.24. The zero-order chi connectivity index (χ0) is 13.1. The monoisotopic (exact) mass is 250 g/mol. The SMILES string of the molecule is CNC(=O)C(CC(C)C)NCC1CC2C=CC1C2. The van der Waals surface area contributed by atoms with Gasteiger partial charge in [0.15, 0.2) is 0 Å². The fourth-order valence-corrected chi connectivity index (χ4v) is 3.35. The van der Waals surface area contributed by atoms with E-state index in [1.807, 2.05) is 0 Å². The molecule has 2 rings (SSSR count). The molecule has 0 aromatic heterocycles. The molecule has 2 bridgehead atoms. The van der Waals surface area contributed by atoms with Crippen LogP contribution in [0.1, 0.15) is 33.1 Å². The van der Waals surface area contributed by atoms with E-state index in [9.17, 15) is 4.79 Å². The number of amides is 1. The van der Waals surface area contributed by atoms with E-state index in [1.54, 1.807) is 7.05 Å². The summed E-state index contributed by atoms with van der Waals surface area (Å²) in [5.74, 6) is 2.97. The molecule has 1 amide bonds. The van der Waals surface area contributed by atoms with Crippen LogP contribution in [0, 0.1) is 23.7 Å². The molecule has 4 unspecified atom stereocenters. The van der Waals surface area contributed by atoms with Crippen LogP contribution in [0.5, 0.6) is 0 Å². The predicted octanol–water partition coefficient (Wildman–Crippen LogP) is 1.95. The first-order valence-corrected chi connectivity index (χ1v) is 7.23. The third-order valence-corrected chi connectivity index (χ3v) is 4.31. The van der Waals surface area contributed by atoms with Crippen molar-refractivity contribution in [2.45, 2.75) is 39.2 Å². The van der Waals surface area contributed by atoms with Crippen LogP contribution in [-0.4, -0.2) is 25.5 Å². The van der Waals surface area contributed by atoms with Crippen molar-refractivity contribution in [3.8, 4) is 0 Å². The lowest BCUT2D eigenvalue weighted by atomic mass is 9.93. The van der Waals surface area contributed by atoms with E-state index >= 15 is 0 Å². The second-order valence-electron chi connectivity index (χ2n) is 6.24. The third-order valence-electron chi connectivity index (χ3n) is 4.31. The lowest BCUT2D eigenvalue weighted by Crippen LogP contribution is -2.45. The van der Waals surface area contributed by atoms with Gasteiger partial charge in [-0.3, -0.25) is 4.79 Å². The number of allylic oxidation sites excluding steroid dienone is 2. The van der Waals surface area contributed by atoms with Crippen LogP contribution in [0.25, 0.3) is 0 Å². The van der Waals surface area contributed by atoms with E-state index in [0.29, 0.717) is 5.92 Å². The van der Waals surface area contributed by atoms with Crippen LogP contribution in [0.2, 0.25) is 0 Å². The van der Waals surface area contributed by atoms with Gasteiger partial charge in [0, 0.05) is 7.05 Å². The Morgan fingerprint density at radius 2 is 2.11 bits per heavy atom. The van der Waals surface area contributed by atoms with Crippen molar-refractivity contribution >= 4 is 5.91 Å². The van der Waals surface area contributed by atoms with Gasteiger partial charge in [0.2, 0.25) is 5.91 Å². The summed E-state index contributed by atoms with van der Waals surface area (Å²) >= 11 is 0. The molecule has 3 heteroatoms. The van der Waals surface area contributed by atoms with Crippen molar-refractivity contribution in [2.24, 2.45) is 23.7 Å². The Balaban J connectivity index is 1.82. The van der Waals surface area contributed by atoms with Crippen molar-refractivity contribution in [3.63, 3.8) is 0 Å². The summed E-state index contributed by atoms with van der Waals surface area (Å²) in [6, 6.07) is -0.0295. The number of rotatable bonds is 6. The molecule has 1 fully saturated rings. The van der Waals surface area contributed by atoms with Gasteiger partial charge in [0.05, 0.1) is 6.04 Å². The Kier molecular flexibility index (Phi) is 4.44. The zero-order valence-electron chi connectivity index (χ0n) is 11.8. The number of hydrogen-bond donors (Lipinski definition) is 2. The summed E-state index contributed by atoms with van der Waals surface area (Å²) in [6.07, 6.45) is 8.29. The summed E-state index contributed by atoms with van der Waals surface area (Å²) in [5, 5.41) is 6.25. The summed E-state index contributed by atoms with van der Waals surface area (Å²) in [7, 11) is 1.72. The highest BCUT2D eigenvalue weighted by molar-refractivity contribution is 5.81. The van der Waals surface area contributed by atoms with Crippen molar-refractivity contribution in [1.82, 2.24) is 10.6 Å². The molecule has 3 nitrogen and oxygen atoms in total. The Hall–Kier alpha value is -0.830. The molecular formula is C15H26N2O. The second-order valence-corrected chi connectivity index (χ2v) is 6.24. The molecule has 0 aromatic carbocycles. The average molecular weight is 250 g/mol. The zero-order valence-corrected chi connectivity index (χ0v) is 11.8. The van der Waals surface area contributed by atoms with Crippen LogP contribution >= 0.6 is 0 Å². The van der Waals surface area contributed by atoms with Gasteiger partial charge in [0.25, 0.3) is 0 Å². The topological polar surface area (TPSA) is 41.1 Å². The second kappa shape index (κ2) is 5.87. The maximum Gasteiger partial charge on any atom is 0.236 e. The molecule has 18 heavy (non-hydrogen) atoms. The first-order valence-electron chi connectivity index (χ1n) is 7.23. The minimum absolute atomic E-state index is 0.0295. The van der Waals surface area contributed by atoms with Gasteiger partial charge in [-0.1, -0.05) is 26.0 Å². The highest BCUT2D eigenvalue weighted by Gasteiger charge is 2.35. The van der Waals surface area contributed by atoms with Crippen LogP contribution in [-0.2, 0) is 4.79 Å². The number of carbonyl (C=O) groups excluding carboxylic acids is 1. The molecule has 0 heterocycles. The molecule has 0 spiro atoms. The molecule has 0 aromatic rings. The van der Waals surface area contributed by atoms with E-state index in [0.717, 1.165) is 30.7 Å². The predicted molar refractivity (Wildman–Crippen MR) is 74.2 cm³/mol. The normalized spacial score (nSPS) is 31.0. The first kappa shape index (κ1) is 13.6. The van der Waals surface area contributed by atoms with Crippen LogP contribution in [0.3, 0.4) is 0 Å². The van der Waals surface area contributed by atoms with E-state index in [4.69, 9.17) is 0 Å². The Morgan fingerprint density at radius 3 is 2.61 bits per heavy atom.